The van der Waals surface area contributed by atoms with Crippen LogP contribution in [0.3, 0.4) is 0 Å². The lowest BCUT2D eigenvalue weighted by atomic mass is 9.83. The van der Waals surface area contributed by atoms with E-state index in [1.54, 1.807) is 0 Å². The van der Waals surface area contributed by atoms with Gasteiger partial charge >= 0.3 is 0 Å². The van der Waals surface area contributed by atoms with Gasteiger partial charge in [0, 0.05) is 25.7 Å². The second kappa shape index (κ2) is 9.78. The van der Waals surface area contributed by atoms with E-state index in [4.69, 9.17) is 4.74 Å². The van der Waals surface area contributed by atoms with Crippen LogP contribution < -0.4 is 5.32 Å². The highest BCUT2D eigenvalue weighted by molar-refractivity contribution is 4.84. The van der Waals surface area contributed by atoms with E-state index >= 15 is 0 Å². The SMILES string of the molecule is CN(C)CCOCCN1CCCNC(C2CCCCC2)C1. The van der Waals surface area contributed by atoms with Gasteiger partial charge in [0.25, 0.3) is 0 Å². The van der Waals surface area contributed by atoms with Gasteiger partial charge < -0.3 is 15.0 Å². The van der Waals surface area contributed by atoms with Gasteiger partial charge in [-0.25, -0.2) is 0 Å². The average Bonchev–Trinajstić information content (AvgIpc) is 2.73. The summed E-state index contributed by atoms with van der Waals surface area (Å²) in [5.41, 5.74) is 0. The molecular weight excluding hydrogens is 262 g/mol. The van der Waals surface area contributed by atoms with Gasteiger partial charge in [0.05, 0.1) is 13.2 Å². The van der Waals surface area contributed by atoms with Crippen molar-refractivity contribution in [2.24, 2.45) is 5.92 Å². The molecule has 1 aliphatic carbocycles. The van der Waals surface area contributed by atoms with Crippen molar-refractivity contribution in [1.29, 1.82) is 0 Å². The molecule has 0 spiro atoms. The van der Waals surface area contributed by atoms with Crippen LogP contribution in [-0.4, -0.2) is 75.9 Å². The van der Waals surface area contributed by atoms with E-state index in [1.807, 2.05) is 0 Å². The molecule has 0 aromatic rings. The molecule has 21 heavy (non-hydrogen) atoms. The Hall–Kier alpha value is -0.160. The summed E-state index contributed by atoms with van der Waals surface area (Å²) in [5.74, 6) is 0.911. The Balaban J connectivity index is 1.66. The molecule has 124 valence electrons. The third kappa shape index (κ3) is 6.64. The summed E-state index contributed by atoms with van der Waals surface area (Å²) in [5, 5.41) is 3.81. The Kier molecular flexibility index (Phi) is 8.01. The molecule has 2 fully saturated rings. The maximum atomic E-state index is 5.77. The summed E-state index contributed by atoms with van der Waals surface area (Å²) in [6.07, 6.45) is 8.48. The number of nitrogens with zero attached hydrogens (tertiary/aromatic N) is 2. The molecule has 2 rings (SSSR count). The molecule has 1 saturated carbocycles. The summed E-state index contributed by atoms with van der Waals surface area (Å²) in [6, 6.07) is 0.717. The van der Waals surface area contributed by atoms with Crippen LogP contribution in [0.15, 0.2) is 0 Å². The first kappa shape index (κ1) is 17.2. The minimum atomic E-state index is 0.717. The second-order valence-electron chi connectivity index (χ2n) is 7.03. The predicted molar refractivity (Wildman–Crippen MR) is 88.8 cm³/mol. The maximum Gasteiger partial charge on any atom is 0.0594 e. The predicted octanol–water partition coefficient (Wildman–Crippen LogP) is 1.81. The van der Waals surface area contributed by atoms with Gasteiger partial charge in [-0.05, 0) is 52.4 Å². The van der Waals surface area contributed by atoms with E-state index < -0.39 is 0 Å². The van der Waals surface area contributed by atoms with Gasteiger partial charge in [0.15, 0.2) is 0 Å². The molecule has 0 bridgehead atoms. The molecule has 4 heteroatoms. The van der Waals surface area contributed by atoms with E-state index in [0.29, 0.717) is 0 Å². The summed E-state index contributed by atoms with van der Waals surface area (Å²) in [7, 11) is 4.19. The lowest BCUT2D eigenvalue weighted by molar-refractivity contribution is 0.0885. The van der Waals surface area contributed by atoms with Crippen LogP contribution in [0.25, 0.3) is 0 Å². The van der Waals surface area contributed by atoms with E-state index in [9.17, 15) is 0 Å². The van der Waals surface area contributed by atoms with E-state index in [2.05, 4.69) is 29.2 Å². The van der Waals surface area contributed by atoms with Crippen molar-refractivity contribution in [3.05, 3.63) is 0 Å². The number of likely N-dealkylation sites (N-methyl/N-ethyl adjacent to an activating group) is 1. The summed E-state index contributed by atoms with van der Waals surface area (Å²) in [6.45, 7) is 7.50. The van der Waals surface area contributed by atoms with Crippen LogP contribution in [0, 0.1) is 5.92 Å². The fraction of sp³-hybridized carbons (Fsp3) is 1.00. The first-order valence-corrected chi connectivity index (χ1v) is 8.94. The first-order chi connectivity index (χ1) is 10.3. The highest BCUT2D eigenvalue weighted by atomic mass is 16.5. The van der Waals surface area contributed by atoms with Crippen LogP contribution >= 0.6 is 0 Å². The van der Waals surface area contributed by atoms with Crippen molar-refractivity contribution < 1.29 is 4.74 Å². The monoisotopic (exact) mass is 297 g/mol. The zero-order valence-corrected chi connectivity index (χ0v) is 14.1. The fourth-order valence-corrected chi connectivity index (χ4v) is 3.62. The molecule has 2 aliphatic rings. The topological polar surface area (TPSA) is 27.7 Å². The van der Waals surface area contributed by atoms with Crippen LogP contribution in [0.5, 0.6) is 0 Å². The van der Waals surface area contributed by atoms with Crippen molar-refractivity contribution in [2.75, 3.05) is 60.0 Å². The zero-order chi connectivity index (χ0) is 14.9. The summed E-state index contributed by atoms with van der Waals surface area (Å²) in [4.78, 5) is 4.80. The third-order valence-corrected chi connectivity index (χ3v) is 4.97. The molecule has 1 aliphatic heterocycles. The average molecular weight is 297 g/mol. The number of nitrogens with one attached hydrogen (secondary N) is 1. The van der Waals surface area contributed by atoms with Crippen molar-refractivity contribution in [3.8, 4) is 0 Å². The van der Waals surface area contributed by atoms with Crippen LogP contribution in [0.1, 0.15) is 38.5 Å². The van der Waals surface area contributed by atoms with Crippen molar-refractivity contribution in [1.82, 2.24) is 15.1 Å². The number of hydrogen-bond acceptors (Lipinski definition) is 4. The molecule has 1 N–H and O–H groups in total. The van der Waals surface area contributed by atoms with Crippen molar-refractivity contribution in [2.45, 2.75) is 44.6 Å². The highest BCUT2D eigenvalue weighted by Gasteiger charge is 2.26. The largest absolute Gasteiger partial charge is 0.379 e. The van der Waals surface area contributed by atoms with Crippen LogP contribution in [0.2, 0.25) is 0 Å². The molecule has 0 aromatic heterocycles. The number of rotatable bonds is 7. The second-order valence-corrected chi connectivity index (χ2v) is 7.03. The Morgan fingerprint density at radius 2 is 1.90 bits per heavy atom. The molecular formula is C17H35N3O. The quantitative estimate of drug-likeness (QED) is 0.725. The molecule has 1 heterocycles. The molecule has 0 radical (unpaired) electrons. The van der Waals surface area contributed by atoms with Gasteiger partial charge in [-0.2, -0.15) is 0 Å². The number of ether oxygens (including phenoxy) is 1. The molecule has 1 unspecified atom stereocenters. The van der Waals surface area contributed by atoms with Gasteiger partial charge in [-0.3, -0.25) is 4.90 Å². The van der Waals surface area contributed by atoms with Crippen LogP contribution in [-0.2, 0) is 4.74 Å². The summed E-state index contributed by atoms with van der Waals surface area (Å²) < 4.78 is 5.77. The first-order valence-electron chi connectivity index (χ1n) is 8.94. The normalized spacial score (nSPS) is 26.1. The van der Waals surface area contributed by atoms with E-state index in [-0.39, 0.29) is 0 Å². The van der Waals surface area contributed by atoms with Gasteiger partial charge in [0.1, 0.15) is 0 Å². The maximum absolute atomic E-state index is 5.77. The van der Waals surface area contributed by atoms with Gasteiger partial charge in [-0.15, -0.1) is 0 Å². The lowest BCUT2D eigenvalue weighted by Gasteiger charge is -2.32. The Morgan fingerprint density at radius 1 is 1.10 bits per heavy atom. The standard InChI is InChI=1S/C17H35N3O/c1-19(2)11-13-21-14-12-20-10-6-9-18-17(15-20)16-7-4-3-5-8-16/h16-18H,3-15H2,1-2H3. The molecule has 0 amide bonds. The fourth-order valence-electron chi connectivity index (χ4n) is 3.62. The highest BCUT2D eigenvalue weighted by Crippen LogP contribution is 2.27. The minimum Gasteiger partial charge on any atom is -0.379 e. The van der Waals surface area contributed by atoms with E-state index in [0.717, 1.165) is 38.3 Å². The van der Waals surface area contributed by atoms with Crippen molar-refractivity contribution in [3.63, 3.8) is 0 Å². The smallest absolute Gasteiger partial charge is 0.0594 e. The van der Waals surface area contributed by atoms with Crippen molar-refractivity contribution >= 4 is 0 Å². The molecule has 4 nitrogen and oxygen atoms in total. The molecule has 1 saturated heterocycles. The lowest BCUT2D eigenvalue weighted by Crippen LogP contribution is -2.44. The number of hydrogen-bond donors (Lipinski definition) is 1. The van der Waals surface area contributed by atoms with Crippen LogP contribution in [0.4, 0.5) is 0 Å². The summed E-state index contributed by atoms with van der Waals surface area (Å²) >= 11 is 0. The Morgan fingerprint density at radius 3 is 2.67 bits per heavy atom. The Bertz CT molecular complexity index is 267. The zero-order valence-electron chi connectivity index (χ0n) is 14.1. The third-order valence-electron chi connectivity index (χ3n) is 4.97. The minimum absolute atomic E-state index is 0.717. The Labute approximate surface area is 131 Å². The molecule has 1 atom stereocenters. The van der Waals surface area contributed by atoms with E-state index in [1.165, 1.54) is 58.2 Å². The molecule has 0 aromatic carbocycles. The van der Waals surface area contributed by atoms with Gasteiger partial charge in [0.2, 0.25) is 0 Å². The van der Waals surface area contributed by atoms with Gasteiger partial charge in [-0.1, -0.05) is 19.3 Å².